The molecular weight excluding hydrogens is 444 g/mol. The average molecular weight is 471 g/mol. The lowest BCUT2D eigenvalue weighted by Gasteiger charge is -2.12. The molecule has 0 radical (unpaired) electrons. The fourth-order valence-electron chi connectivity index (χ4n) is 4.14. The highest BCUT2D eigenvalue weighted by Crippen LogP contribution is 2.34. The molecule has 2 heterocycles. The topological polar surface area (TPSA) is 75.0 Å². The average Bonchev–Trinajstić information content (AvgIpc) is 3.10. The van der Waals surface area contributed by atoms with Crippen molar-refractivity contribution in [3.8, 4) is 28.4 Å². The van der Waals surface area contributed by atoms with E-state index in [0.29, 0.717) is 64.5 Å². The summed E-state index contributed by atoms with van der Waals surface area (Å²) < 4.78 is 23.1. The Kier molecular flexibility index (Phi) is 6.27. The highest BCUT2D eigenvalue weighted by molar-refractivity contribution is 5.92. The van der Waals surface area contributed by atoms with Gasteiger partial charge in [0.15, 0.2) is 11.5 Å². The molecule has 0 unspecified atom stereocenters. The van der Waals surface area contributed by atoms with Gasteiger partial charge in [-0.05, 0) is 54.8 Å². The van der Waals surface area contributed by atoms with E-state index in [1.807, 2.05) is 44.2 Å². The van der Waals surface area contributed by atoms with E-state index in [1.165, 1.54) is 6.26 Å². The standard InChI is InChI=1S/C29H26O6/c1-3-5-21-14-22-26(16-25(21)35-29(31)19-8-6-18(2)7-9-19)34-17-23(28(22)30)20-10-11-24-27(15-20)33-13-4-12-32-24/h6-11,14-17H,3-5,12-13H2,1-2H3. The molecule has 0 bridgehead atoms. The van der Waals surface area contributed by atoms with Crippen LogP contribution in [0.2, 0.25) is 0 Å². The van der Waals surface area contributed by atoms with Crippen molar-refractivity contribution < 1.29 is 23.4 Å². The van der Waals surface area contributed by atoms with Gasteiger partial charge in [-0.15, -0.1) is 0 Å². The lowest BCUT2D eigenvalue weighted by atomic mass is 10.0. The van der Waals surface area contributed by atoms with Crippen LogP contribution in [0.5, 0.6) is 17.2 Å². The third kappa shape index (κ3) is 4.64. The van der Waals surface area contributed by atoms with Gasteiger partial charge >= 0.3 is 5.97 Å². The van der Waals surface area contributed by atoms with Gasteiger partial charge in [0.1, 0.15) is 17.6 Å². The molecule has 0 saturated carbocycles. The Labute approximate surface area is 203 Å². The normalized spacial score (nSPS) is 12.9. The second kappa shape index (κ2) is 9.66. The maximum absolute atomic E-state index is 13.5. The van der Waals surface area contributed by atoms with E-state index in [9.17, 15) is 9.59 Å². The zero-order valence-corrected chi connectivity index (χ0v) is 19.8. The van der Waals surface area contributed by atoms with E-state index < -0.39 is 5.97 Å². The van der Waals surface area contributed by atoms with Gasteiger partial charge in [-0.25, -0.2) is 4.79 Å². The van der Waals surface area contributed by atoms with Crippen molar-refractivity contribution in [2.24, 2.45) is 0 Å². The summed E-state index contributed by atoms with van der Waals surface area (Å²) in [4.78, 5) is 26.2. The molecule has 0 atom stereocenters. The van der Waals surface area contributed by atoms with E-state index in [-0.39, 0.29) is 5.43 Å². The van der Waals surface area contributed by atoms with Gasteiger partial charge in [-0.2, -0.15) is 0 Å². The minimum atomic E-state index is -0.451. The molecule has 1 aliphatic heterocycles. The minimum absolute atomic E-state index is 0.158. The fraction of sp³-hybridized carbons (Fsp3) is 0.241. The van der Waals surface area contributed by atoms with Crippen molar-refractivity contribution >= 4 is 16.9 Å². The van der Waals surface area contributed by atoms with Crippen LogP contribution in [0.4, 0.5) is 0 Å². The number of ether oxygens (including phenoxy) is 3. The number of aryl methyl sites for hydroxylation is 2. The predicted molar refractivity (Wildman–Crippen MR) is 134 cm³/mol. The first-order valence-corrected chi connectivity index (χ1v) is 11.8. The first kappa shape index (κ1) is 22.7. The molecule has 5 rings (SSSR count). The van der Waals surface area contributed by atoms with Crippen molar-refractivity contribution in [2.75, 3.05) is 13.2 Å². The Morgan fingerprint density at radius 1 is 0.971 bits per heavy atom. The van der Waals surface area contributed by atoms with Crippen LogP contribution in [0, 0.1) is 6.92 Å². The van der Waals surface area contributed by atoms with E-state index in [4.69, 9.17) is 18.6 Å². The van der Waals surface area contributed by atoms with Gasteiger partial charge in [0.05, 0.1) is 29.7 Å². The van der Waals surface area contributed by atoms with Gasteiger partial charge in [0, 0.05) is 12.5 Å². The maximum Gasteiger partial charge on any atom is 0.343 e. The summed E-state index contributed by atoms with van der Waals surface area (Å²) in [7, 11) is 0. The van der Waals surface area contributed by atoms with Gasteiger partial charge < -0.3 is 18.6 Å². The Balaban J connectivity index is 1.53. The summed E-state index contributed by atoms with van der Waals surface area (Å²) in [6, 6.07) is 16.1. The van der Waals surface area contributed by atoms with Crippen LogP contribution in [0.15, 0.2) is 70.1 Å². The van der Waals surface area contributed by atoms with E-state index in [0.717, 1.165) is 24.0 Å². The number of carbonyl (C=O) groups excluding carboxylic acids is 1. The molecule has 0 fully saturated rings. The first-order chi connectivity index (χ1) is 17.0. The quantitative estimate of drug-likeness (QED) is 0.259. The molecule has 0 amide bonds. The van der Waals surface area contributed by atoms with Crippen molar-refractivity contribution in [1.82, 2.24) is 0 Å². The highest BCUT2D eigenvalue weighted by atomic mass is 16.5. The number of carbonyl (C=O) groups is 1. The Bertz CT molecular complexity index is 1450. The van der Waals surface area contributed by atoms with Crippen LogP contribution in [-0.2, 0) is 6.42 Å². The lowest BCUT2D eigenvalue weighted by molar-refractivity contribution is 0.0733. The molecular formula is C29H26O6. The summed E-state index contributed by atoms with van der Waals surface area (Å²) in [5.41, 5.74) is 3.63. The zero-order valence-electron chi connectivity index (χ0n) is 19.8. The molecule has 1 aliphatic rings. The van der Waals surface area contributed by atoms with Crippen LogP contribution >= 0.6 is 0 Å². The van der Waals surface area contributed by atoms with Crippen LogP contribution < -0.4 is 19.6 Å². The van der Waals surface area contributed by atoms with Gasteiger partial charge in [0.25, 0.3) is 0 Å². The number of hydrogen-bond donors (Lipinski definition) is 0. The monoisotopic (exact) mass is 470 g/mol. The molecule has 6 nitrogen and oxygen atoms in total. The molecule has 3 aromatic carbocycles. The molecule has 178 valence electrons. The third-order valence-corrected chi connectivity index (χ3v) is 6.02. The molecule has 0 N–H and O–H groups in total. The Morgan fingerprint density at radius 3 is 2.51 bits per heavy atom. The van der Waals surface area contributed by atoms with Crippen LogP contribution in [-0.4, -0.2) is 19.2 Å². The number of esters is 1. The molecule has 0 aliphatic carbocycles. The van der Waals surface area contributed by atoms with E-state index in [2.05, 4.69) is 0 Å². The largest absolute Gasteiger partial charge is 0.490 e. The van der Waals surface area contributed by atoms with Gasteiger partial charge in [0.2, 0.25) is 5.43 Å². The van der Waals surface area contributed by atoms with Crippen LogP contribution in [0.3, 0.4) is 0 Å². The predicted octanol–water partition coefficient (Wildman–Crippen LogP) is 6.10. The summed E-state index contributed by atoms with van der Waals surface area (Å²) >= 11 is 0. The molecule has 1 aromatic heterocycles. The van der Waals surface area contributed by atoms with Crippen LogP contribution in [0.25, 0.3) is 22.1 Å². The number of fused-ring (bicyclic) bond motifs is 2. The molecule has 0 saturated heterocycles. The number of benzene rings is 3. The van der Waals surface area contributed by atoms with Crippen molar-refractivity contribution in [3.63, 3.8) is 0 Å². The highest BCUT2D eigenvalue weighted by Gasteiger charge is 2.18. The molecule has 35 heavy (non-hydrogen) atoms. The van der Waals surface area contributed by atoms with Crippen molar-refractivity contribution in [3.05, 3.63) is 87.8 Å². The fourth-order valence-corrected chi connectivity index (χ4v) is 4.14. The summed E-state index contributed by atoms with van der Waals surface area (Å²) in [6.07, 6.45) is 3.72. The smallest absolute Gasteiger partial charge is 0.343 e. The Morgan fingerprint density at radius 2 is 1.74 bits per heavy atom. The summed E-state index contributed by atoms with van der Waals surface area (Å²) in [6.45, 7) is 5.15. The minimum Gasteiger partial charge on any atom is -0.490 e. The van der Waals surface area contributed by atoms with Crippen LogP contribution in [0.1, 0.15) is 41.3 Å². The maximum atomic E-state index is 13.5. The summed E-state index contributed by atoms with van der Waals surface area (Å²) in [5, 5.41) is 0.438. The van der Waals surface area contributed by atoms with Gasteiger partial charge in [-0.3, -0.25) is 4.79 Å². The number of hydrogen-bond acceptors (Lipinski definition) is 6. The molecule has 4 aromatic rings. The second-order valence-corrected chi connectivity index (χ2v) is 8.65. The number of rotatable bonds is 5. The first-order valence-electron chi connectivity index (χ1n) is 11.8. The van der Waals surface area contributed by atoms with E-state index >= 15 is 0 Å². The van der Waals surface area contributed by atoms with Crippen molar-refractivity contribution in [2.45, 2.75) is 33.1 Å². The van der Waals surface area contributed by atoms with Crippen molar-refractivity contribution in [1.29, 1.82) is 0 Å². The summed E-state index contributed by atoms with van der Waals surface area (Å²) in [5.74, 6) is 1.23. The van der Waals surface area contributed by atoms with E-state index in [1.54, 1.807) is 24.3 Å². The Hall–Kier alpha value is -4.06. The lowest BCUT2D eigenvalue weighted by Crippen LogP contribution is -2.11. The van der Waals surface area contributed by atoms with Gasteiger partial charge in [-0.1, -0.05) is 37.1 Å². The molecule has 6 heteroatoms. The zero-order chi connectivity index (χ0) is 24.4. The SMILES string of the molecule is CCCc1cc2c(=O)c(-c3ccc4c(c3)OCCCO4)coc2cc1OC(=O)c1ccc(C)cc1. The third-order valence-electron chi connectivity index (χ3n) is 6.02. The second-order valence-electron chi connectivity index (χ2n) is 8.65. The molecule has 0 spiro atoms.